The number of amides is 1. The lowest BCUT2D eigenvalue weighted by Crippen LogP contribution is -2.59. The van der Waals surface area contributed by atoms with Crippen molar-refractivity contribution in [3.8, 4) is 0 Å². The Balaban J connectivity index is 2.61. The van der Waals surface area contributed by atoms with Crippen LogP contribution in [0.3, 0.4) is 0 Å². The zero-order valence-corrected chi connectivity index (χ0v) is 13.8. The maximum atomic E-state index is 12.4. The van der Waals surface area contributed by atoms with Crippen LogP contribution in [0.15, 0.2) is 0 Å². The van der Waals surface area contributed by atoms with Gasteiger partial charge in [-0.2, -0.15) is 4.31 Å². The van der Waals surface area contributed by atoms with Gasteiger partial charge in [0.25, 0.3) is 0 Å². The number of carbonyl (C=O) groups is 1. The van der Waals surface area contributed by atoms with Gasteiger partial charge in [0.15, 0.2) is 0 Å². The average Bonchev–Trinajstić information content (AvgIpc) is 2.38. The van der Waals surface area contributed by atoms with E-state index in [4.69, 9.17) is 0 Å². The Morgan fingerprint density at radius 3 is 2.15 bits per heavy atom. The van der Waals surface area contributed by atoms with Gasteiger partial charge in [-0.1, -0.05) is 13.8 Å². The molecule has 6 nitrogen and oxygen atoms in total. The smallest absolute Gasteiger partial charge is 0.242 e. The van der Waals surface area contributed by atoms with E-state index in [1.807, 2.05) is 27.7 Å². The third kappa shape index (κ3) is 4.17. The lowest BCUT2D eigenvalue weighted by atomic mass is 10.0. The lowest BCUT2D eigenvalue weighted by molar-refractivity contribution is -0.138. The molecule has 7 heteroatoms. The molecule has 0 saturated carbocycles. The van der Waals surface area contributed by atoms with Gasteiger partial charge >= 0.3 is 0 Å². The summed E-state index contributed by atoms with van der Waals surface area (Å²) in [5.74, 6) is 0.219. The minimum absolute atomic E-state index is 0.0342. The molecule has 0 aromatic heterocycles. The first-order chi connectivity index (χ1) is 9.24. The van der Waals surface area contributed by atoms with Crippen molar-refractivity contribution >= 4 is 15.9 Å². The number of likely N-dealkylation sites (N-methyl/N-ethyl adjacent to an activating group) is 1. The summed E-state index contributed by atoms with van der Waals surface area (Å²) >= 11 is 0. The fourth-order valence-corrected chi connectivity index (χ4v) is 3.96. The van der Waals surface area contributed by atoms with E-state index in [1.54, 1.807) is 4.90 Å². The van der Waals surface area contributed by atoms with Crippen molar-refractivity contribution in [3.63, 3.8) is 0 Å². The molecular formula is C13H27N3O3S. The highest BCUT2D eigenvalue weighted by Crippen LogP contribution is 2.13. The van der Waals surface area contributed by atoms with Crippen LogP contribution in [0.25, 0.3) is 0 Å². The highest BCUT2D eigenvalue weighted by molar-refractivity contribution is 7.89. The van der Waals surface area contributed by atoms with E-state index in [9.17, 15) is 13.2 Å². The molecule has 1 saturated heterocycles. The summed E-state index contributed by atoms with van der Waals surface area (Å²) in [6, 6.07) is 0. The van der Waals surface area contributed by atoms with Crippen LogP contribution in [0.2, 0.25) is 0 Å². The van der Waals surface area contributed by atoms with Crippen molar-refractivity contribution in [3.05, 3.63) is 0 Å². The largest absolute Gasteiger partial charge is 0.338 e. The van der Waals surface area contributed by atoms with Crippen molar-refractivity contribution in [2.75, 3.05) is 38.5 Å². The van der Waals surface area contributed by atoms with Crippen molar-refractivity contribution in [1.29, 1.82) is 0 Å². The van der Waals surface area contributed by atoms with Gasteiger partial charge in [-0.15, -0.1) is 0 Å². The second-order valence-corrected chi connectivity index (χ2v) is 7.75. The molecule has 118 valence electrons. The number of hydrogen-bond acceptors (Lipinski definition) is 4. The third-order valence-corrected chi connectivity index (χ3v) is 5.61. The molecule has 0 unspecified atom stereocenters. The normalized spacial score (nSPS) is 18.3. The van der Waals surface area contributed by atoms with Crippen LogP contribution >= 0.6 is 0 Å². The molecule has 1 amide bonds. The molecule has 0 atom stereocenters. The molecule has 1 heterocycles. The first kappa shape index (κ1) is 17.4. The fourth-order valence-electron chi connectivity index (χ4n) is 2.47. The third-order valence-electron chi connectivity index (χ3n) is 3.53. The Bertz CT molecular complexity index is 426. The molecule has 0 aromatic carbocycles. The molecule has 1 rings (SSSR count). The summed E-state index contributed by atoms with van der Waals surface area (Å²) in [5, 5.41) is 3.16. The van der Waals surface area contributed by atoms with Crippen LogP contribution in [0.1, 0.15) is 34.1 Å². The van der Waals surface area contributed by atoms with E-state index < -0.39 is 15.6 Å². The summed E-state index contributed by atoms with van der Waals surface area (Å²) in [6.45, 7) is 10.0. The lowest BCUT2D eigenvalue weighted by Gasteiger charge is -2.38. The van der Waals surface area contributed by atoms with E-state index in [0.29, 0.717) is 32.6 Å². The first-order valence-electron chi connectivity index (χ1n) is 7.26. The minimum atomic E-state index is -3.15. The fraction of sp³-hybridized carbons (Fsp3) is 0.923. The molecular weight excluding hydrogens is 278 g/mol. The maximum Gasteiger partial charge on any atom is 0.242 e. The van der Waals surface area contributed by atoms with E-state index in [1.165, 1.54) is 4.31 Å². The average molecular weight is 305 g/mol. The molecule has 0 spiro atoms. The maximum absolute atomic E-state index is 12.4. The van der Waals surface area contributed by atoms with Crippen LogP contribution in [-0.2, 0) is 14.8 Å². The molecule has 1 fully saturated rings. The molecule has 0 aliphatic carbocycles. The Hall–Kier alpha value is -0.660. The van der Waals surface area contributed by atoms with E-state index in [0.717, 1.165) is 6.54 Å². The van der Waals surface area contributed by atoms with Gasteiger partial charge in [0, 0.05) is 26.2 Å². The van der Waals surface area contributed by atoms with Crippen LogP contribution in [0, 0.1) is 0 Å². The SMILES string of the molecule is CCCS(=O)(=O)N1CCN(C(=O)C(C)(C)NCC)CC1. The van der Waals surface area contributed by atoms with E-state index >= 15 is 0 Å². The van der Waals surface area contributed by atoms with Gasteiger partial charge in [0.1, 0.15) is 0 Å². The van der Waals surface area contributed by atoms with Gasteiger partial charge in [0.2, 0.25) is 15.9 Å². The number of piperazine rings is 1. The van der Waals surface area contributed by atoms with Gasteiger partial charge < -0.3 is 10.2 Å². The number of hydrogen-bond donors (Lipinski definition) is 1. The Kier molecular flexibility index (Phi) is 5.97. The summed E-state index contributed by atoms with van der Waals surface area (Å²) in [6.07, 6.45) is 0.620. The Morgan fingerprint density at radius 1 is 1.15 bits per heavy atom. The molecule has 20 heavy (non-hydrogen) atoms. The number of sulfonamides is 1. The van der Waals surface area contributed by atoms with Gasteiger partial charge in [-0.25, -0.2) is 8.42 Å². The predicted molar refractivity (Wildman–Crippen MR) is 80.0 cm³/mol. The predicted octanol–water partition coefficient (Wildman–Crippen LogP) is 0.259. The van der Waals surface area contributed by atoms with Gasteiger partial charge in [0.05, 0.1) is 11.3 Å². The number of nitrogens with one attached hydrogen (secondary N) is 1. The minimum Gasteiger partial charge on any atom is -0.338 e. The monoisotopic (exact) mass is 305 g/mol. The Morgan fingerprint density at radius 2 is 1.70 bits per heavy atom. The van der Waals surface area contributed by atoms with Crippen LogP contribution < -0.4 is 5.32 Å². The van der Waals surface area contributed by atoms with Crippen molar-refractivity contribution in [2.45, 2.75) is 39.7 Å². The molecule has 0 radical (unpaired) electrons. The Labute approximate surface area is 122 Å². The van der Waals surface area contributed by atoms with Gasteiger partial charge in [-0.05, 0) is 26.8 Å². The number of carbonyl (C=O) groups excluding carboxylic acids is 1. The topological polar surface area (TPSA) is 69.7 Å². The highest BCUT2D eigenvalue weighted by atomic mass is 32.2. The van der Waals surface area contributed by atoms with Crippen LogP contribution in [-0.4, -0.2) is 67.5 Å². The zero-order chi connectivity index (χ0) is 15.4. The zero-order valence-electron chi connectivity index (χ0n) is 13.0. The summed E-state index contributed by atoms with van der Waals surface area (Å²) in [5.41, 5.74) is -0.598. The highest BCUT2D eigenvalue weighted by Gasteiger charge is 2.34. The summed E-state index contributed by atoms with van der Waals surface area (Å²) in [7, 11) is -3.15. The van der Waals surface area contributed by atoms with E-state index in [2.05, 4.69) is 5.32 Å². The van der Waals surface area contributed by atoms with Crippen molar-refractivity contribution in [1.82, 2.24) is 14.5 Å². The second-order valence-electron chi connectivity index (χ2n) is 5.66. The second kappa shape index (κ2) is 6.87. The van der Waals surface area contributed by atoms with Crippen LogP contribution in [0.5, 0.6) is 0 Å². The van der Waals surface area contributed by atoms with Crippen molar-refractivity contribution < 1.29 is 13.2 Å². The molecule has 1 aliphatic rings. The van der Waals surface area contributed by atoms with Crippen LogP contribution in [0.4, 0.5) is 0 Å². The molecule has 0 bridgehead atoms. The molecule has 1 N–H and O–H groups in total. The quantitative estimate of drug-likeness (QED) is 0.764. The van der Waals surface area contributed by atoms with Gasteiger partial charge in [-0.3, -0.25) is 4.79 Å². The number of rotatable bonds is 6. The summed E-state index contributed by atoms with van der Waals surface area (Å²) in [4.78, 5) is 14.1. The molecule has 0 aromatic rings. The molecule has 1 aliphatic heterocycles. The first-order valence-corrected chi connectivity index (χ1v) is 8.87. The standard InChI is InChI=1S/C13H27N3O3S/c1-5-11-20(18,19)16-9-7-15(8-10-16)12(17)13(3,4)14-6-2/h14H,5-11H2,1-4H3. The van der Waals surface area contributed by atoms with Crippen molar-refractivity contribution in [2.24, 2.45) is 0 Å². The number of nitrogens with zero attached hydrogens (tertiary/aromatic N) is 2. The summed E-state index contributed by atoms with van der Waals surface area (Å²) < 4.78 is 25.4. The van der Waals surface area contributed by atoms with E-state index in [-0.39, 0.29) is 11.7 Å².